The van der Waals surface area contributed by atoms with Gasteiger partial charge in [0, 0.05) is 48.3 Å². The van der Waals surface area contributed by atoms with Gasteiger partial charge in [0.05, 0.1) is 26.4 Å². The van der Waals surface area contributed by atoms with Crippen molar-refractivity contribution in [2.75, 3.05) is 26.4 Å². The van der Waals surface area contributed by atoms with Crippen LogP contribution in [-0.4, -0.2) is 36.6 Å². The van der Waals surface area contributed by atoms with Crippen LogP contribution in [0.15, 0.2) is 12.1 Å². The Morgan fingerprint density at radius 1 is 0.536 bits per heavy atom. The van der Waals surface area contributed by atoms with Crippen LogP contribution in [0.5, 0.6) is 11.5 Å². The lowest BCUT2D eigenvalue weighted by molar-refractivity contribution is 0.127. The first-order chi connectivity index (χ1) is 13.6. The molecule has 28 heavy (non-hydrogen) atoms. The van der Waals surface area contributed by atoms with E-state index in [-0.39, 0.29) is 24.7 Å². The molecule has 0 amide bonds. The predicted octanol–water partition coefficient (Wildman–Crippen LogP) is 4.40. The molecule has 0 aliphatic carbocycles. The SMILES string of the molecule is CCOCc1cc(COCC)c2c(O)c(COCC)cc(COCC)c2c1O. The van der Waals surface area contributed by atoms with Crippen LogP contribution in [0.3, 0.4) is 0 Å². The molecule has 6 nitrogen and oxygen atoms in total. The Labute approximate surface area is 167 Å². The van der Waals surface area contributed by atoms with Gasteiger partial charge in [-0.15, -0.1) is 0 Å². The van der Waals surface area contributed by atoms with Crippen LogP contribution in [0, 0.1) is 0 Å². The number of aromatic hydroxyl groups is 2. The normalized spacial score (nSPS) is 11.4. The molecule has 0 bridgehead atoms. The van der Waals surface area contributed by atoms with E-state index in [1.54, 1.807) is 0 Å². The highest BCUT2D eigenvalue weighted by molar-refractivity contribution is 5.99. The summed E-state index contributed by atoms with van der Waals surface area (Å²) in [5.41, 5.74) is 2.94. The number of phenolic OH excluding ortho intramolecular Hbond substituents is 2. The maximum Gasteiger partial charge on any atom is 0.129 e. The van der Waals surface area contributed by atoms with Crippen molar-refractivity contribution in [2.45, 2.75) is 54.1 Å². The molecule has 0 spiro atoms. The molecule has 0 saturated carbocycles. The van der Waals surface area contributed by atoms with Crippen LogP contribution in [0.4, 0.5) is 0 Å². The Balaban J connectivity index is 2.75. The number of benzene rings is 2. The van der Waals surface area contributed by atoms with E-state index in [2.05, 4.69) is 0 Å². The highest BCUT2D eigenvalue weighted by Crippen LogP contribution is 2.42. The van der Waals surface area contributed by atoms with E-state index >= 15 is 0 Å². The van der Waals surface area contributed by atoms with E-state index in [4.69, 9.17) is 18.9 Å². The molecule has 0 unspecified atom stereocenters. The fraction of sp³-hybridized carbons (Fsp3) is 0.545. The van der Waals surface area contributed by atoms with Crippen LogP contribution in [0.1, 0.15) is 49.9 Å². The fourth-order valence-electron chi connectivity index (χ4n) is 3.18. The predicted molar refractivity (Wildman–Crippen MR) is 109 cm³/mol. The molecule has 2 aromatic carbocycles. The van der Waals surface area contributed by atoms with Gasteiger partial charge < -0.3 is 29.2 Å². The molecule has 0 radical (unpaired) electrons. The van der Waals surface area contributed by atoms with Gasteiger partial charge in [0.25, 0.3) is 0 Å². The first-order valence-electron chi connectivity index (χ1n) is 9.90. The van der Waals surface area contributed by atoms with Crippen LogP contribution in [0.25, 0.3) is 10.8 Å². The van der Waals surface area contributed by atoms with Crippen molar-refractivity contribution in [3.05, 3.63) is 34.4 Å². The van der Waals surface area contributed by atoms with Gasteiger partial charge in [-0.25, -0.2) is 0 Å². The maximum atomic E-state index is 11.0. The summed E-state index contributed by atoms with van der Waals surface area (Å²) in [6, 6.07) is 3.69. The molecule has 0 heterocycles. The number of fused-ring (bicyclic) bond motifs is 1. The average molecular weight is 392 g/mol. The molecule has 0 saturated heterocycles. The lowest BCUT2D eigenvalue weighted by Crippen LogP contribution is -2.04. The summed E-state index contributed by atoms with van der Waals surface area (Å²) >= 11 is 0. The van der Waals surface area contributed by atoms with E-state index in [0.29, 0.717) is 61.5 Å². The summed E-state index contributed by atoms with van der Waals surface area (Å²) in [5, 5.41) is 23.1. The Bertz CT molecular complexity index is 706. The van der Waals surface area contributed by atoms with E-state index in [1.807, 2.05) is 39.8 Å². The zero-order valence-corrected chi connectivity index (χ0v) is 17.3. The molecule has 0 atom stereocenters. The topological polar surface area (TPSA) is 77.4 Å². The van der Waals surface area contributed by atoms with Crippen LogP contribution in [-0.2, 0) is 45.4 Å². The molecular weight excluding hydrogens is 360 g/mol. The molecule has 2 N–H and O–H groups in total. The van der Waals surface area contributed by atoms with Gasteiger partial charge >= 0.3 is 0 Å². The highest BCUT2D eigenvalue weighted by Gasteiger charge is 2.21. The van der Waals surface area contributed by atoms with E-state index in [1.165, 1.54) is 0 Å². The van der Waals surface area contributed by atoms with Crippen molar-refractivity contribution in [3.63, 3.8) is 0 Å². The Morgan fingerprint density at radius 3 is 1.11 bits per heavy atom. The van der Waals surface area contributed by atoms with Crippen molar-refractivity contribution in [1.29, 1.82) is 0 Å². The Morgan fingerprint density at radius 2 is 0.821 bits per heavy atom. The maximum absolute atomic E-state index is 11.0. The molecular formula is C22H32O6. The molecule has 6 heteroatoms. The summed E-state index contributed by atoms with van der Waals surface area (Å²) in [4.78, 5) is 0. The zero-order chi connectivity index (χ0) is 20.5. The summed E-state index contributed by atoms with van der Waals surface area (Å²) < 4.78 is 22.3. The molecule has 0 aliphatic heterocycles. The standard InChI is InChI=1S/C22H32O6/c1-5-25-11-15-9-17(13-27-7-3)22(24)20-16(12-26-6-2)10-18(14-28-8-4)21(23)19(15)20/h9-10,23-24H,5-8,11-14H2,1-4H3. The van der Waals surface area contributed by atoms with Crippen LogP contribution in [0.2, 0.25) is 0 Å². The third-order valence-electron chi connectivity index (χ3n) is 4.52. The highest BCUT2D eigenvalue weighted by atomic mass is 16.5. The van der Waals surface area contributed by atoms with E-state index < -0.39 is 0 Å². The molecule has 0 aromatic heterocycles. The van der Waals surface area contributed by atoms with Crippen LogP contribution >= 0.6 is 0 Å². The second kappa shape index (κ2) is 11.2. The lowest BCUT2D eigenvalue weighted by atomic mass is 9.93. The second-order valence-corrected chi connectivity index (χ2v) is 6.39. The molecule has 2 aromatic rings. The third kappa shape index (κ3) is 5.14. The smallest absolute Gasteiger partial charge is 0.129 e. The number of hydrogen-bond acceptors (Lipinski definition) is 6. The minimum Gasteiger partial charge on any atom is -0.507 e. The average Bonchev–Trinajstić information content (AvgIpc) is 2.70. The van der Waals surface area contributed by atoms with Crippen molar-refractivity contribution >= 4 is 10.8 Å². The number of ether oxygens (including phenoxy) is 4. The number of hydrogen-bond donors (Lipinski definition) is 2. The number of rotatable bonds is 12. The van der Waals surface area contributed by atoms with Gasteiger partial charge in [-0.3, -0.25) is 0 Å². The molecule has 0 fully saturated rings. The zero-order valence-electron chi connectivity index (χ0n) is 17.3. The fourth-order valence-corrected chi connectivity index (χ4v) is 3.18. The summed E-state index contributed by atoms with van der Waals surface area (Å²) in [6.45, 7) is 11.1. The summed E-state index contributed by atoms with van der Waals surface area (Å²) in [6.07, 6.45) is 0. The summed E-state index contributed by atoms with van der Waals surface area (Å²) in [5.74, 6) is 0.216. The van der Waals surface area contributed by atoms with Crippen molar-refractivity contribution in [2.24, 2.45) is 0 Å². The number of phenols is 2. The third-order valence-corrected chi connectivity index (χ3v) is 4.52. The largest absolute Gasteiger partial charge is 0.507 e. The molecule has 156 valence electrons. The minimum absolute atomic E-state index is 0.108. The quantitative estimate of drug-likeness (QED) is 0.558. The summed E-state index contributed by atoms with van der Waals surface area (Å²) in [7, 11) is 0. The minimum atomic E-state index is 0.108. The van der Waals surface area contributed by atoms with Gasteiger partial charge in [-0.05, 0) is 51.0 Å². The molecule has 2 rings (SSSR count). The first-order valence-corrected chi connectivity index (χ1v) is 9.90. The van der Waals surface area contributed by atoms with Crippen molar-refractivity contribution < 1.29 is 29.2 Å². The van der Waals surface area contributed by atoms with Gasteiger partial charge in [0.1, 0.15) is 11.5 Å². The van der Waals surface area contributed by atoms with E-state index in [0.717, 1.165) is 11.1 Å². The van der Waals surface area contributed by atoms with Gasteiger partial charge in [0.15, 0.2) is 0 Å². The van der Waals surface area contributed by atoms with Crippen molar-refractivity contribution in [3.8, 4) is 11.5 Å². The van der Waals surface area contributed by atoms with Gasteiger partial charge in [0.2, 0.25) is 0 Å². The Hall–Kier alpha value is -1.86. The second-order valence-electron chi connectivity index (χ2n) is 6.39. The van der Waals surface area contributed by atoms with Gasteiger partial charge in [-0.1, -0.05) is 0 Å². The Kier molecular flexibility index (Phi) is 8.99. The monoisotopic (exact) mass is 392 g/mol. The van der Waals surface area contributed by atoms with Crippen molar-refractivity contribution in [1.82, 2.24) is 0 Å². The lowest BCUT2D eigenvalue weighted by Gasteiger charge is -2.19. The van der Waals surface area contributed by atoms with Gasteiger partial charge in [-0.2, -0.15) is 0 Å². The van der Waals surface area contributed by atoms with E-state index in [9.17, 15) is 10.2 Å². The first kappa shape index (κ1) is 22.4. The molecule has 0 aliphatic rings. The van der Waals surface area contributed by atoms with Crippen LogP contribution < -0.4 is 0 Å².